The van der Waals surface area contributed by atoms with Crippen LogP contribution in [0.25, 0.3) is 0 Å². The lowest BCUT2D eigenvalue weighted by Gasteiger charge is -2.70. The van der Waals surface area contributed by atoms with Gasteiger partial charge in [-0.05, 0) is 63.8 Å². The van der Waals surface area contributed by atoms with Gasteiger partial charge in [-0.2, -0.15) is 0 Å². The van der Waals surface area contributed by atoms with E-state index in [1.807, 2.05) is 0 Å². The van der Waals surface area contributed by atoms with Crippen molar-refractivity contribution in [3.63, 3.8) is 0 Å². The Balaban J connectivity index is 1.25. The van der Waals surface area contributed by atoms with Gasteiger partial charge in [-0.25, -0.2) is 0 Å². The Labute approximate surface area is 349 Å². The Kier molecular flexibility index (Phi) is 15.8. The molecular weight excluding hydrogens is 735 g/mol. The zero-order valence-electron chi connectivity index (χ0n) is 36.9. The number of unbranched alkanes of at least 4 members (excludes halogenated alkanes) is 6. The number of hydrogen-bond acceptors (Lipinski definition) is 10. The number of nitrogens with zero attached hydrogens (tertiary/aromatic N) is 1. The highest BCUT2D eigenvalue weighted by atomic mass is 16.6. The van der Waals surface area contributed by atoms with Gasteiger partial charge in [-0.15, -0.1) is 0 Å². The number of methoxy groups -OCH3 is 4. The fourth-order valence-electron chi connectivity index (χ4n) is 13.9. The number of carbonyl (C=O) groups excluding carboxylic acids is 2. The maximum absolute atomic E-state index is 14.4. The smallest absolute Gasteiger partial charge is 0.306 e. The van der Waals surface area contributed by atoms with Crippen molar-refractivity contribution in [2.45, 2.75) is 166 Å². The van der Waals surface area contributed by atoms with Crippen molar-refractivity contribution >= 4 is 11.9 Å². The molecule has 1 spiro atoms. The first-order valence-electron chi connectivity index (χ1n) is 23.1. The summed E-state index contributed by atoms with van der Waals surface area (Å²) < 4.78 is 39.4. The van der Waals surface area contributed by atoms with E-state index in [0.29, 0.717) is 38.8 Å². The monoisotopic (exact) mass is 812 g/mol. The fourth-order valence-corrected chi connectivity index (χ4v) is 13.9. The SMILES string of the molecule is CC/C=C\C/C=C\C/C=C\CCCCCCCC(=O)O[C@]12C[C@H](OC)C3CC(C1[C@H]3OC(=O)CCCC)[C@@]13C4C2[C@H](OC)C1[C@](COC)(CN4CC)[C@H](O)C[C@@H]3OC. The average molecular weight is 812 g/mol. The van der Waals surface area contributed by atoms with Crippen LogP contribution in [-0.2, 0) is 38.0 Å². The first-order valence-corrected chi connectivity index (χ1v) is 23.1. The van der Waals surface area contributed by atoms with Crippen LogP contribution in [0, 0.1) is 40.4 Å². The highest BCUT2D eigenvalue weighted by Crippen LogP contribution is 2.80. The predicted molar refractivity (Wildman–Crippen MR) is 225 cm³/mol. The molecule has 1 heterocycles. The second kappa shape index (κ2) is 20.2. The van der Waals surface area contributed by atoms with E-state index >= 15 is 0 Å². The lowest BCUT2D eigenvalue weighted by molar-refractivity contribution is -0.298. The van der Waals surface area contributed by atoms with E-state index in [-0.39, 0.29) is 65.9 Å². The fraction of sp³-hybridized carbons (Fsp3) is 0.833. The Bertz CT molecular complexity index is 1450. The molecule has 0 aromatic carbocycles. The summed E-state index contributed by atoms with van der Waals surface area (Å²) in [6, 6.07) is -0.0252. The van der Waals surface area contributed by atoms with Crippen molar-refractivity contribution < 1.29 is 43.1 Å². The van der Waals surface area contributed by atoms with Gasteiger partial charge in [-0.1, -0.05) is 82.9 Å². The number of allylic oxidation sites excluding steroid dienone is 6. The number of ether oxygens (including phenoxy) is 6. The van der Waals surface area contributed by atoms with Crippen LogP contribution in [0.15, 0.2) is 36.5 Å². The third kappa shape index (κ3) is 7.94. The van der Waals surface area contributed by atoms with Crippen LogP contribution < -0.4 is 0 Å². The summed E-state index contributed by atoms with van der Waals surface area (Å²) >= 11 is 0. The topological polar surface area (TPSA) is 113 Å². The first-order chi connectivity index (χ1) is 28.2. The maximum atomic E-state index is 14.4. The summed E-state index contributed by atoms with van der Waals surface area (Å²) in [5.41, 5.74) is -2.05. The summed E-state index contributed by atoms with van der Waals surface area (Å²) in [6.07, 6.45) is 24.8. The maximum Gasteiger partial charge on any atom is 0.306 e. The summed E-state index contributed by atoms with van der Waals surface area (Å²) in [4.78, 5) is 30.6. The molecule has 1 aliphatic heterocycles. The van der Waals surface area contributed by atoms with Crippen molar-refractivity contribution in [3.05, 3.63) is 36.5 Å². The molecule has 7 bridgehead atoms. The average Bonchev–Trinajstić information content (AvgIpc) is 3.64. The normalized spacial score (nSPS) is 40.0. The Hall–Kier alpha value is -2.08. The first kappa shape index (κ1) is 45.4. The number of esters is 2. The van der Waals surface area contributed by atoms with Crippen LogP contribution in [0.5, 0.6) is 0 Å². The number of fused-ring (bicyclic) bond motifs is 2. The van der Waals surface area contributed by atoms with Gasteiger partial charge in [-0.3, -0.25) is 14.5 Å². The second-order valence-electron chi connectivity index (χ2n) is 18.5. The van der Waals surface area contributed by atoms with Crippen LogP contribution in [0.3, 0.4) is 0 Å². The number of hydrogen-bond donors (Lipinski definition) is 1. The summed E-state index contributed by atoms with van der Waals surface area (Å²) in [6.45, 7) is 8.25. The van der Waals surface area contributed by atoms with Crippen LogP contribution >= 0.6 is 0 Å². The minimum Gasteiger partial charge on any atom is -0.461 e. The van der Waals surface area contributed by atoms with E-state index in [9.17, 15) is 14.7 Å². The largest absolute Gasteiger partial charge is 0.461 e. The molecule has 1 N–H and O–H groups in total. The molecule has 58 heavy (non-hydrogen) atoms. The van der Waals surface area contributed by atoms with Gasteiger partial charge in [0.05, 0.1) is 31.0 Å². The third-order valence-electron chi connectivity index (χ3n) is 15.8. The molecule has 0 aromatic rings. The van der Waals surface area contributed by atoms with Gasteiger partial charge < -0.3 is 33.5 Å². The van der Waals surface area contributed by atoms with E-state index in [1.165, 1.54) is 0 Å². The van der Waals surface area contributed by atoms with Crippen LogP contribution in [-0.4, -0.2) is 112 Å². The third-order valence-corrected chi connectivity index (χ3v) is 15.8. The Morgan fingerprint density at radius 2 is 1.48 bits per heavy atom. The molecule has 6 fully saturated rings. The summed E-state index contributed by atoms with van der Waals surface area (Å²) in [7, 11) is 7.04. The molecule has 14 atom stereocenters. The van der Waals surface area contributed by atoms with Crippen molar-refractivity contribution in [3.8, 4) is 0 Å². The highest BCUT2D eigenvalue weighted by Gasteiger charge is 2.89. The molecule has 328 valence electrons. The standard InChI is InChI=1S/C48H77NO9/c1-8-11-13-14-15-16-17-18-19-20-21-22-23-24-25-27-39(52)58-47-30-35(54-5)33-28-34(40(47)42(33)57-38(51)26-12-9-2)48-37(55-6)29-36(50)46(32-53-4)31-49(10-3)45(48)41(47)43(56-7)44(46)48/h11,13,15-16,18-19,33-37,40-45,50H,8-10,12,14,17,20-32H2,1-7H3/b13-11-,16-15-,19-18-/t33?,34?,35-,36+,37-,40?,41?,42-,43-,44?,45?,46-,47+,48-/m0/s1. The molecule has 5 aliphatic carbocycles. The number of piperidine rings is 1. The molecule has 1 saturated heterocycles. The van der Waals surface area contributed by atoms with E-state index in [0.717, 1.165) is 83.6 Å². The minimum absolute atomic E-state index is 0.0168. The number of rotatable bonds is 24. The lowest BCUT2D eigenvalue weighted by atomic mass is 9.42. The molecule has 0 radical (unpaired) electrons. The van der Waals surface area contributed by atoms with E-state index in [1.54, 1.807) is 28.4 Å². The molecule has 0 aromatic heterocycles. The number of likely N-dealkylation sites (tertiary alicyclic amines) is 1. The molecule has 5 saturated carbocycles. The van der Waals surface area contributed by atoms with Crippen LogP contribution in [0.2, 0.25) is 0 Å². The van der Waals surface area contributed by atoms with Crippen molar-refractivity contribution in [2.75, 3.05) is 48.1 Å². The van der Waals surface area contributed by atoms with Crippen molar-refractivity contribution in [2.24, 2.45) is 40.4 Å². The zero-order valence-corrected chi connectivity index (χ0v) is 36.9. The molecule has 10 nitrogen and oxygen atoms in total. The number of aliphatic hydroxyl groups excluding tert-OH is 1. The van der Waals surface area contributed by atoms with Gasteiger partial charge in [0.1, 0.15) is 11.7 Å². The van der Waals surface area contributed by atoms with Gasteiger partial charge in [0, 0.05) is 101 Å². The molecule has 6 unspecified atom stereocenters. The zero-order chi connectivity index (χ0) is 41.5. The predicted octanol–water partition coefficient (Wildman–Crippen LogP) is 8.01. The minimum atomic E-state index is -0.993. The van der Waals surface area contributed by atoms with Crippen molar-refractivity contribution in [1.82, 2.24) is 4.90 Å². The van der Waals surface area contributed by atoms with Gasteiger partial charge in [0.2, 0.25) is 0 Å². The Morgan fingerprint density at radius 3 is 2.16 bits per heavy atom. The number of aliphatic hydroxyl groups is 1. The quantitative estimate of drug-likeness (QED) is 0.0585. The van der Waals surface area contributed by atoms with Crippen molar-refractivity contribution in [1.29, 1.82) is 0 Å². The summed E-state index contributed by atoms with van der Waals surface area (Å²) in [5.74, 6) is -1.04. The molecule has 10 heteroatoms. The second-order valence-corrected chi connectivity index (χ2v) is 18.5. The van der Waals surface area contributed by atoms with Gasteiger partial charge in [0.15, 0.2) is 0 Å². The molecule has 6 aliphatic rings. The Morgan fingerprint density at radius 1 is 0.776 bits per heavy atom. The van der Waals surface area contributed by atoms with Gasteiger partial charge >= 0.3 is 11.9 Å². The lowest BCUT2D eigenvalue weighted by Crippen LogP contribution is -2.79. The van der Waals surface area contributed by atoms with Crippen LogP contribution in [0.1, 0.15) is 124 Å². The molecule has 0 amide bonds. The van der Waals surface area contributed by atoms with E-state index in [4.69, 9.17) is 28.4 Å². The molecular formula is C48H77NO9. The van der Waals surface area contributed by atoms with E-state index < -0.39 is 28.6 Å². The number of carbonyl (C=O) groups is 2. The van der Waals surface area contributed by atoms with E-state index in [2.05, 4.69) is 62.1 Å². The highest BCUT2D eigenvalue weighted by molar-refractivity contribution is 5.71. The summed E-state index contributed by atoms with van der Waals surface area (Å²) in [5, 5.41) is 12.2. The molecule has 6 rings (SSSR count). The van der Waals surface area contributed by atoms with Gasteiger partial charge in [0.25, 0.3) is 0 Å². The van der Waals surface area contributed by atoms with Crippen LogP contribution in [0.4, 0.5) is 0 Å².